The summed E-state index contributed by atoms with van der Waals surface area (Å²) in [6.45, 7) is 1.82. The van der Waals surface area contributed by atoms with Gasteiger partial charge in [0.05, 0.1) is 38.5 Å². The lowest BCUT2D eigenvalue weighted by atomic mass is 10.1. The number of benzene rings is 2. The van der Waals surface area contributed by atoms with Gasteiger partial charge in [0.2, 0.25) is 21.7 Å². The van der Waals surface area contributed by atoms with Crippen LogP contribution in [0.2, 0.25) is 5.02 Å². The van der Waals surface area contributed by atoms with Crippen molar-refractivity contribution in [1.29, 1.82) is 0 Å². The quantitative estimate of drug-likeness (QED) is 0.344. The lowest BCUT2D eigenvalue weighted by Gasteiger charge is -2.16. The predicted octanol–water partition coefficient (Wildman–Crippen LogP) is 4.86. The maximum Gasteiger partial charge on any atom is 0.235 e. The molecule has 0 spiro atoms. The smallest absolute Gasteiger partial charge is 0.235 e. The number of nitrogens with one attached hydrogen (secondary N) is 3. The van der Waals surface area contributed by atoms with Crippen LogP contribution in [0.1, 0.15) is 18.4 Å². The topological polar surface area (TPSA) is 124 Å². The fraction of sp³-hybridized carbons (Fsp3) is 0.304. The maximum absolute atomic E-state index is 12.4. The minimum Gasteiger partial charge on any atom is -0.493 e. The Morgan fingerprint density at radius 3 is 2.26 bits per heavy atom. The van der Waals surface area contributed by atoms with Gasteiger partial charge in [-0.05, 0) is 37.5 Å². The van der Waals surface area contributed by atoms with Crippen molar-refractivity contribution < 1.29 is 22.6 Å². The maximum atomic E-state index is 12.4. The van der Waals surface area contributed by atoms with E-state index in [1.165, 1.54) is 27.5 Å². The minimum atomic E-state index is -3.39. The number of ether oxygens (including phenoxy) is 3. The molecule has 4 rings (SSSR count). The molecule has 0 unspecified atom stereocenters. The van der Waals surface area contributed by atoms with E-state index in [1.807, 2.05) is 13.0 Å². The van der Waals surface area contributed by atoms with E-state index in [0.717, 1.165) is 0 Å². The Labute approximate surface area is 209 Å². The highest BCUT2D eigenvalue weighted by molar-refractivity contribution is 7.93. The standard InChI is InChI=1S/C23H26ClN5O5S/c1-13-17(6-5-7-18(13)29-35(30,31)15-8-9-15)27-22-16(24)12-25-23(28-22)26-14-10-19(32-2)21(34-4)20(11-14)33-3/h5-7,10-12,15,29H,8-9H2,1-4H3,(H2,25,26,27,28). The normalized spacial score (nSPS) is 13.2. The highest BCUT2D eigenvalue weighted by Gasteiger charge is 2.36. The van der Waals surface area contributed by atoms with Gasteiger partial charge in [-0.15, -0.1) is 0 Å². The van der Waals surface area contributed by atoms with Crippen LogP contribution in [0.3, 0.4) is 0 Å². The zero-order valence-electron chi connectivity index (χ0n) is 19.7. The second-order valence-electron chi connectivity index (χ2n) is 7.88. The molecule has 2 aromatic carbocycles. The number of hydrogen-bond donors (Lipinski definition) is 3. The van der Waals surface area contributed by atoms with Gasteiger partial charge in [0, 0.05) is 23.5 Å². The number of hydrogen-bond acceptors (Lipinski definition) is 9. The molecule has 0 aliphatic heterocycles. The molecule has 1 aromatic heterocycles. The van der Waals surface area contributed by atoms with E-state index >= 15 is 0 Å². The fourth-order valence-corrected chi connectivity index (χ4v) is 5.01. The molecule has 3 aromatic rings. The van der Waals surface area contributed by atoms with Gasteiger partial charge in [0.15, 0.2) is 17.3 Å². The molecule has 3 N–H and O–H groups in total. The van der Waals surface area contributed by atoms with E-state index < -0.39 is 10.0 Å². The average molecular weight is 520 g/mol. The molecule has 0 bridgehead atoms. The lowest BCUT2D eigenvalue weighted by Crippen LogP contribution is -2.18. The molecule has 1 aliphatic carbocycles. The molecule has 1 saturated carbocycles. The molecule has 0 amide bonds. The molecule has 1 heterocycles. The van der Waals surface area contributed by atoms with E-state index in [2.05, 4.69) is 25.3 Å². The number of halogens is 1. The summed E-state index contributed by atoms with van der Waals surface area (Å²) >= 11 is 6.35. The summed E-state index contributed by atoms with van der Waals surface area (Å²) in [7, 11) is 1.20. The van der Waals surface area contributed by atoms with Gasteiger partial charge in [-0.25, -0.2) is 13.4 Å². The first-order valence-electron chi connectivity index (χ1n) is 10.7. The van der Waals surface area contributed by atoms with Gasteiger partial charge in [0.25, 0.3) is 0 Å². The SMILES string of the molecule is COc1cc(Nc2ncc(Cl)c(Nc3cccc(NS(=O)(=O)C4CC4)c3C)n2)cc(OC)c1OC. The summed E-state index contributed by atoms with van der Waals surface area (Å²) in [4.78, 5) is 8.73. The van der Waals surface area contributed by atoms with Crippen LogP contribution >= 0.6 is 11.6 Å². The molecule has 0 atom stereocenters. The van der Waals surface area contributed by atoms with Crippen molar-refractivity contribution in [3.8, 4) is 17.2 Å². The van der Waals surface area contributed by atoms with Crippen LogP contribution in [-0.2, 0) is 10.0 Å². The van der Waals surface area contributed by atoms with Gasteiger partial charge in [0.1, 0.15) is 5.02 Å². The monoisotopic (exact) mass is 519 g/mol. The van der Waals surface area contributed by atoms with Crippen molar-refractivity contribution in [2.45, 2.75) is 25.0 Å². The van der Waals surface area contributed by atoms with Crippen molar-refractivity contribution in [2.24, 2.45) is 0 Å². The Morgan fingerprint density at radius 2 is 1.66 bits per heavy atom. The van der Waals surface area contributed by atoms with E-state index in [1.54, 1.807) is 24.3 Å². The Balaban J connectivity index is 1.59. The van der Waals surface area contributed by atoms with Gasteiger partial charge in [-0.1, -0.05) is 17.7 Å². The summed E-state index contributed by atoms with van der Waals surface area (Å²) in [6, 6.07) is 8.75. The van der Waals surface area contributed by atoms with E-state index in [-0.39, 0.29) is 11.2 Å². The molecule has 0 radical (unpaired) electrons. The van der Waals surface area contributed by atoms with Crippen LogP contribution in [0.4, 0.5) is 28.8 Å². The van der Waals surface area contributed by atoms with Crippen molar-refractivity contribution in [2.75, 3.05) is 36.7 Å². The van der Waals surface area contributed by atoms with Gasteiger partial charge in [-0.2, -0.15) is 4.98 Å². The third-order valence-corrected chi connectivity index (χ3v) is 7.60. The molecular weight excluding hydrogens is 494 g/mol. The van der Waals surface area contributed by atoms with Crippen LogP contribution in [0, 0.1) is 6.92 Å². The molecule has 35 heavy (non-hydrogen) atoms. The predicted molar refractivity (Wildman–Crippen MR) is 136 cm³/mol. The van der Waals surface area contributed by atoms with Crippen LogP contribution in [0.5, 0.6) is 17.2 Å². The lowest BCUT2D eigenvalue weighted by molar-refractivity contribution is 0.324. The third kappa shape index (κ3) is 5.46. The van der Waals surface area contributed by atoms with Crippen LogP contribution in [0.25, 0.3) is 0 Å². The molecule has 1 aliphatic rings. The van der Waals surface area contributed by atoms with Gasteiger partial charge in [-0.3, -0.25) is 4.72 Å². The van der Waals surface area contributed by atoms with Crippen LogP contribution in [-0.4, -0.2) is 45.0 Å². The number of anilines is 5. The molecule has 1 fully saturated rings. The molecular formula is C23H26ClN5O5S. The van der Waals surface area contributed by atoms with Crippen LogP contribution < -0.4 is 29.6 Å². The highest BCUT2D eigenvalue weighted by atomic mass is 35.5. The van der Waals surface area contributed by atoms with E-state index in [0.29, 0.717) is 63.6 Å². The minimum absolute atomic E-state index is 0.273. The summed E-state index contributed by atoms with van der Waals surface area (Å²) in [5.74, 6) is 2.04. The summed E-state index contributed by atoms with van der Waals surface area (Å²) in [5.41, 5.74) is 2.48. The second kappa shape index (κ2) is 10.0. The van der Waals surface area contributed by atoms with Crippen LogP contribution in [0.15, 0.2) is 36.5 Å². The number of sulfonamides is 1. The Hall–Kier alpha value is -3.44. The summed E-state index contributed by atoms with van der Waals surface area (Å²) in [6.07, 6.45) is 2.83. The Kier molecular flexibility index (Phi) is 7.08. The van der Waals surface area contributed by atoms with E-state index in [4.69, 9.17) is 25.8 Å². The van der Waals surface area contributed by atoms with E-state index in [9.17, 15) is 8.42 Å². The largest absolute Gasteiger partial charge is 0.493 e. The zero-order valence-corrected chi connectivity index (χ0v) is 21.2. The molecule has 10 nitrogen and oxygen atoms in total. The first-order chi connectivity index (χ1) is 16.7. The van der Waals surface area contributed by atoms with Crippen molar-refractivity contribution in [1.82, 2.24) is 9.97 Å². The van der Waals surface area contributed by atoms with Gasteiger partial charge >= 0.3 is 0 Å². The molecule has 186 valence electrons. The first kappa shape index (κ1) is 24.7. The number of rotatable bonds is 10. The molecule has 0 saturated heterocycles. The number of aromatic nitrogens is 2. The van der Waals surface area contributed by atoms with Crippen molar-refractivity contribution >= 4 is 50.5 Å². The summed E-state index contributed by atoms with van der Waals surface area (Å²) in [5, 5.41) is 6.25. The zero-order chi connectivity index (χ0) is 25.2. The number of methoxy groups -OCH3 is 3. The third-order valence-electron chi connectivity index (χ3n) is 5.47. The van der Waals surface area contributed by atoms with Gasteiger partial charge < -0.3 is 24.8 Å². The molecule has 12 heteroatoms. The number of nitrogens with zero attached hydrogens (tertiary/aromatic N) is 2. The average Bonchev–Trinajstić information content (AvgIpc) is 3.69. The summed E-state index contributed by atoms with van der Waals surface area (Å²) < 4.78 is 43.6. The van der Waals surface area contributed by atoms with Crippen molar-refractivity contribution in [3.63, 3.8) is 0 Å². The Morgan fingerprint density at radius 1 is 1.00 bits per heavy atom. The fourth-order valence-electron chi connectivity index (χ4n) is 3.42. The second-order valence-corrected chi connectivity index (χ2v) is 10.2. The highest BCUT2D eigenvalue weighted by Crippen LogP contribution is 2.40. The first-order valence-corrected chi connectivity index (χ1v) is 12.7. The van der Waals surface area contributed by atoms with Crippen molar-refractivity contribution in [3.05, 3.63) is 47.1 Å². The Bertz CT molecular complexity index is 1320.